The van der Waals surface area contributed by atoms with Crippen LogP contribution in [0.2, 0.25) is 0 Å². The third kappa shape index (κ3) is 4.33. The van der Waals surface area contributed by atoms with Crippen LogP contribution in [0.5, 0.6) is 0 Å². The number of anilines is 3. The summed E-state index contributed by atoms with van der Waals surface area (Å²) in [4.78, 5) is 6.69. The number of hydrogen-bond donors (Lipinski definition) is 0. The van der Waals surface area contributed by atoms with Crippen LogP contribution in [-0.4, -0.2) is 4.98 Å². The summed E-state index contributed by atoms with van der Waals surface area (Å²) in [6.07, 6.45) is 3.66. The monoisotopic (exact) mass is 588 g/mol. The third-order valence-corrected chi connectivity index (χ3v) is 8.95. The van der Waals surface area contributed by atoms with Gasteiger partial charge in [-0.1, -0.05) is 109 Å². The summed E-state index contributed by atoms with van der Waals surface area (Å²) in [6, 6.07) is 56.2. The van der Waals surface area contributed by atoms with Gasteiger partial charge in [0.05, 0.1) is 5.69 Å². The molecule has 0 amide bonds. The van der Waals surface area contributed by atoms with Gasteiger partial charge in [-0.2, -0.15) is 0 Å². The number of rotatable bonds is 5. The minimum Gasteiger partial charge on any atom is -0.455 e. The molecule has 0 radical (unpaired) electrons. The lowest BCUT2D eigenvalue weighted by Crippen LogP contribution is -2.11. The van der Waals surface area contributed by atoms with Crippen molar-refractivity contribution in [3.63, 3.8) is 0 Å². The Morgan fingerprint density at radius 1 is 0.457 bits per heavy atom. The molecule has 0 aliphatic heterocycles. The number of para-hydroxylation sites is 1. The van der Waals surface area contributed by atoms with Crippen molar-refractivity contribution in [3.05, 3.63) is 170 Å². The van der Waals surface area contributed by atoms with E-state index in [1.54, 1.807) is 6.20 Å². The quantitative estimate of drug-likeness (QED) is 0.200. The van der Waals surface area contributed by atoms with Crippen molar-refractivity contribution in [2.24, 2.45) is 0 Å². The van der Waals surface area contributed by atoms with Crippen LogP contribution in [0.25, 0.3) is 65.7 Å². The number of nitrogens with zero attached hydrogens (tertiary/aromatic N) is 2. The molecule has 0 saturated carbocycles. The highest BCUT2D eigenvalue weighted by atomic mass is 16.3. The molecule has 9 aromatic rings. The predicted molar refractivity (Wildman–Crippen MR) is 192 cm³/mol. The van der Waals surface area contributed by atoms with Crippen LogP contribution in [0.3, 0.4) is 0 Å². The van der Waals surface area contributed by atoms with Crippen molar-refractivity contribution in [1.82, 2.24) is 4.98 Å². The van der Waals surface area contributed by atoms with E-state index in [0.717, 1.165) is 49.8 Å². The summed E-state index contributed by atoms with van der Waals surface area (Å²) in [5.74, 6) is 0. The van der Waals surface area contributed by atoms with Crippen molar-refractivity contribution in [2.45, 2.75) is 0 Å². The van der Waals surface area contributed by atoms with Gasteiger partial charge >= 0.3 is 0 Å². The second kappa shape index (κ2) is 10.8. The molecule has 0 N–H and O–H groups in total. The zero-order chi connectivity index (χ0) is 30.5. The van der Waals surface area contributed by atoms with E-state index in [1.165, 1.54) is 33.0 Å². The first-order valence-corrected chi connectivity index (χ1v) is 15.5. The maximum absolute atomic E-state index is 6.34. The van der Waals surface area contributed by atoms with Crippen molar-refractivity contribution in [1.29, 1.82) is 0 Å². The summed E-state index contributed by atoms with van der Waals surface area (Å²) in [7, 11) is 0. The van der Waals surface area contributed by atoms with E-state index in [9.17, 15) is 0 Å². The minimum atomic E-state index is 0.853. The maximum atomic E-state index is 6.34. The Labute approximate surface area is 266 Å². The van der Waals surface area contributed by atoms with Gasteiger partial charge in [0.2, 0.25) is 0 Å². The molecule has 9 rings (SSSR count). The summed E-state index contributed by atoms with van der Waals surface area (Å²) in [6.45, 7) is 0. The zero-order valence-electron chi connectivity index (χ0n) is 25.0. The van der Waals surface area contributed by atoms with Crippen LogP contribution in [0.15, 0.2) is 175 Å². The van der Waals surface area contributed by atoms with Gasteiger partial charge in [-0.25, -0.2) is 0 Å². The van der Waals surface area contributed by atoms with Crippen molar-refractivity contribution in [2.75, 3.05) is 4.90 Å². The van der Waals surface area contributed by atoms with Crippen molar-refractivity contribution < 1.29 is 4.42 Å². The normalized spacial score (nSPS) is 11.5. The molecule has 2 heterocycles. The van der Waals surface area contributed by atoms with Crippen LogP contribution >= 0.6 is 0 Å². The summed E-state index contributed by atoms with van der Waals surface area (Å²) in [5.41, 5.74) is 9.79. The van der Waals surface area contributed by atoms with Gasteiger partial charge in [0, 0.05) is 45.5 Å². The molecule has 0 aliphatic rings. The van der Waals surface area contributed by atoms with E-state index in [0.29, 0.717) is 0 Å². The summed E-state index contributed by atoms with van der Waals surface area (Å²) in [5, 5.41) is 6.82. The third-order valence-electron chi connectivity index (χ3n) is 8.95. The lowest BCUT2D eigenvalue weighted by atomic mass is 9.97. The second-order valence-corrected chi connectivity index (χ2v) is 11.6. The van der Waals surface area contributed by atoms with Crippen LogP contribution in [0, 0.1) is 0 Å². The first-order valence-electron chi connectivity index (χ1n) is 15.5. The first-order chi connectivity index (χ1) is 22.8. The second-order valence-electron chi connectivity index (χ2n) is 11.6. The molecule has 0 saturated heterocycles. The van der Waals surface area contributed by atoms with E-state index in [2.05, 4.69) is 162 Å². The highest BCUT2D eigenvalue weighted by molar-refractivity contribution is 6.15. The average Bonchev–Trinajstić information content (AvgIpc) is 3.52. The molecule has 3 heteroatoms. The molecule has 0 bridgehead atoms. The molecule has 0 fully saturated rings. The smallest absolute Gasteiger partial charge is 0.143 e. The Hall–Kier alpha value is -6.19. The van der Waals surface area contributed by atoms with Gasteiger partial charge < -0.3 is 9.32 Å². The zero-order valence-corrected chi connectivity index (χ0v) is 25.0. The van der Waals surface area contributed by atoms with E-state index >= 15 is 0 Å². The predicted octanol–water partition coefficient (Wildman–Crippen LogP) is 12.1. The van der Waals surface area contributed by atoms with Crippen LogP contribution < -0.4 is 4.90 Å². The van der Waals surface area contributed by atoms with Gasteiger partial charge in [0.15, 0.2) is 0 Å². The van der Waals surface area contributed by atoms with Crippen LogP contribution in [0.1, 0.15) is 0 Å². The highest BCUT2D eigenvalue weighted by Crippen LogP contribution is 2.43. The van der Waals surface area contributed by atoms with E-state index in [4.69, 9.17) is 4.42 Å². The van der Waals surface area contributed by atoms with Gasteiger partial charge in [-0.05, 0) is 81.4 Å². The molecule has 216 valence electrons. The Balaban J connectivity index is 1.22. The van der Waals surface area contributed by atoms with E-state index < -0.39 is 0 Å². The maximum Gasteiger partial charge on any atom is 0.143 e. The minimum absolute atomic E-state index is 0.853. The number of aromatic nitrogens is 1. The molecule has 0 atom stereocenters. The average molecular weight is 589 g/mol. The lowest BCUT2D eigenvalue weighted by Gasteiger charge is -2.28. The van der Waals surface area contributed by atoms with Gasteiger partial charge in [-0.15, -0.1) is 0 Å². The molecule has 46 heavy (non-hydrogen) atoms. The standard InChI is InChI=1S/C43H28N2O/c1-2-9-30(10-3-1)37-14-6-7-16-41(37)45(33-20-17-31(18-21-33)36-15-8-12-29-11-4-5-13-35(29)36)34-22-24-38-32(27-34)19-23-39-40-28-44-26-25-42(40)46-43(38)39/h1-28H. The highest BCUT2D eigenvalue weighted by Gasteiger charge is 2.19. The molecule has 0 spiro atoms. The first kappa shape index (κ1) is 26.2. The molecular formula is C43H28N2O. The lowest BCUT2D eigenvalue weighted by molar-refractivity contribution is 0.672. The van der Waals surface area contributed by atoms with Crippen molar-refractivity contribution in [3.8, 4) is 22.3 Å². The van der Waals surface area contributed by atoms with Crippen LogP contribution in [-0.2, 0) is 0 Å². The number of pyridine rings is 1. The molecule has 2 aromatic heterocycles. The van der Waals surface area contributed by atoms with Gasteiger partial charge in [0.25, 0.3) is 0 Å². The topological polar surface area (TPSA) is 29.3 Å². The van der Waals surface area contributed by atoms with Gasteiger partial charge in [0.1, 0.15) is 11.2 Å². The molecule has 0 aliphatic carbocycles. The number of fused-ring (bicyclic) bond motifs is 6. The number of benzene rings is 7. The molecule has 3 nitrogen and oxygen atoms in total. The Morgan fingerprint density at radius 3 is 2.09 bits per heavy atom. The number of furan rings is 1. The summed E-state index contributed by atoms with van der Waals surface area (Å²) < 4.78 is 6.34. The SMILES string of the molecule is c1ccc(-c2ccccc2N(c2ccc(-c3cccc4ccccc34)cc2)c2ccc3c(ccc4c5cnccc5oc34)c2)cc1. The van der Waals surface area contributed by atoms with Crippen molar-refractivity contribution >= 4 is 60.5 Å². The Bertz CT molecular complexity index is 2530. The summed E-state index contributed by atoms with van der Waals surface area (Å²) >= 11 is 0. The fourth-order valence-electron chi connectivity index (χ4n) is 6.76. The largest absolute Gasteiger partial charge is 0.455 e. The molecular weight excluding hydrogens is 560 g/mol. The van der Waals surface area contributed by atoms with Crippen LogP contribution in [0.4, 0.5) is 17.1 Å². The fourth-order valence-corrected chi connectivity index (χ4v) is 6.76. The fraction of sp³-hybridized carbons (Fsp3) is 0. The van der Waals surface area contributed by atoms with Gasteiger partial charge in [-0.3, -0.25) is 4.98 Å². The number of hydrogen-bond acceptors (Lipinski definition) is 3. The van der Waals surface area contributed by atoms with E-state index in [-0.39, 0.29) is 0 Å². The Kier molecular flexibility index (Phi) is 6.14. The molecule has 0 unspecified atom stereocenters. The van der Waals surface area contributed by atoms with E-state index in [1.807, 2.05) is 12.3 Å². The molecule has 7 aromatic carbocycles. The Morgan fingerprint density at radius 2 is 1.17 bits per heavy atom.